The summed E-state index contributed by atoms with van der Waals surface area (Å²) in [5.41, 5.74) is 1.02. The molecule has 2 aliphatic rings. The Morgan fingerprint density at radius 1 is 1.20 bits per heavy atom. The first-order chi connectivity index (χ1) is 9.75. The van der Waals surface area contributed by atoms with E-state index in [1.807, 2.05) is 17.0 Å². The molecule has 106 valence electrons. The van der Waals surface area contributed by atoms with Crippen molar-refractivity contribution in [2.24, 2.45) is 11.8 Å². The zero-order valence-electron chi connectivity index (χ0n) is 11.4. The predicted molar refractivity (Wildman–Crippen MR) is 73.5 cm³/mol. The highest BCUT2D eigenvalue weighted by atomic mass is 16.2. The van der Waals surface area contributed by atoms with E-state index in [1.54, 1.807) is 12.4 Å². The first-order valence-corrected chi connectivity index (χ1v) is 7.21. The SMILES string of the molecule is O=C(NCc1ccncc1)C1CC1C(=O)N1CCCC1. The Hall–Kier alpha value is -1.91. The van der Waals surface area contributed by atoms with Crippen LogP contribution in [-0.4, -0.2) is 34.8 Å². The molecule has 1 aliphatic heterocycles. The minimum Gasteiger partial charge on any atom is -0.352 e. The summed E-state index contributed by atoms with van der Waals surface area (Å²) in [4.78, 5) is 30.0. The Bertz CT molecular complexity index is 497. The van der Waals surface area contributed by atoms with Gasteiger partial charge in [-0.1, -0.05) is 0 Å². The van der Waals surface area contributed by atoms with E-state index >= 15 is 0 Å². The fourth-order valence-electron chi connectivity index (χ4n) is 2.75. The van der Waals surface area contributed by atoms with Gasteiger partial charge >= 0.3 is 0 Å². The van der Waals surface area contributed by atoms with Gasteiger partial charge in [0.05, 0.1) is 11.8 Å². The topological polar surface area (TPSA) is 62.3 Å². The van der Waals surface area contributed by atoms with Crippen molar-refractivity contribution < 1.29 is 9.59 Å². The molecule has 0 radical (unpaired) electrons. The molecule has 0 aromatic carbocycles. The molecular formula is C15H19N3O2. The second-order valence-electron chi connectivity index (χ2n) is 5.55. The van der Waals surface area contributed by atoms with Crippen LogP contribution in [0.3, 0.4) is 0 Å². The molecule has 1 aliphatic carbocycles. The quantitative estimate of drug-likeness (QED) is 0.888. The molecule has 2 unspecified atom stereocenters. The third kappa shape index (κ3) is 2.81. The van der Waals surface area contributed by atoms with Crippen LogP contribution >= 0.6 is 0 Å². The van der Waals surface area contributed by atoms with Gasteiger partial charge in [0.2, 0.25) is 11.8 Å². The van der Waals surface area contributed by atoms with Gasteiger partial charge in [-0.15, -0.1) is 0 Å². The van der Waals surface area contributed by atoms with Crippen molar-refractivity contribution in [3.8, 4) is 0 Å². The molecule has 1 aromatic rings. The lowest BCUT2D eigenvalue weighted by atomic mass is 10.2. The van der Waals surface area contributed by atoms with E-state index < -0.39 is 0 Å². The fourth-order valence-corrected chi connectivity index (χ4v) is 2.75. The van der Waals surface area contributed by atoms with E-state index in [1.165, 1.54) is 0 Å². The molecule has 5 nitrogen and oxygen atoms in total. The summed E-state index contributed by atoms with van der Waals surface area (Å²) in [5, 5.41) is 2.90. The van der Waals surface area contributed by atoms with Crippen molar-refractivity contribution >= 4 is 11.8 Å². The Labute approximate surface area is 118 Å². The lowest BCUT2D eigenvalue weighted by Crippen LogP contribution is -2.32. The summed E-state index contributed by atoms with van der Waals surface area (Å²) in [7, 11) is 0. The Kier molecular flexibility index (Phi) is 3.67. The van der Waals surface area contributed by atoms with Crippen LogP contribution in [0.25, 0.3) is 0 Å². The van der Waals surface area contributed by atoms with Gasteiger partial charge in [-0.25, -0.2) is 0 Å². The van der Waals surface area contributed by atoms with E-state index in [-0.39, 0.29) is 23.7 Å². The average Bonchev–Trinajstić information content (AvgIpc) is 3.10. The minimum absolute atomic E-state index is 0.000593. The van der Waals surface area contributed by atoms with Crippen LogP contribution in [0.2, 0.25) is 0 Å². The normalized spacial score (nSPS) is 24.5. The van der Waals surface area contributed by atoms with Crippen LogP contribution in [0.15, 0.2) is 24.5 Å². The minimum atomic E-state index is -0.120. The zero-order valence-corrected chi connectivity index (χ0v) is 11.4. The molecule has 5 heteroatoms. The number of amides is 2. The number of carbonyl (C=O) groups is 2. The predicted octanol–water partition coefficient (Wildman–Crippen LogP) is 0.956. The largest absolute Gasteiger partial charge is 0.352 e. The monoisotopic (exact) mass is 273 g/mol. The molecule has 1 aromatic heterocycles. The molecule has 1 N–H and O–H groups in total. The molecule has 2 heterocycles. The number of nitrogens with one attached hydrogen (secondary N) is 1. The third-order valence-corrected chi connectivity index (χ3v) is 4.08. The van der Waals surface area contributed by atoms with E-state index in [2.05, 4.69) is 10.3 Å². The number of nitrogens with zero attached hydrogens (tertiary/aromatic N) is 2. The molecule has 20 heavy (non-hydrogen) atoms. The van der Waals surface area contributed by atoms with Gasteiger partial charge in [-0.3, -0.25) is 14.6 Å². The second kappa shape index (κ2) is 5.61. The van der Waals surface area contributed by atoms with E-state index in [0.717, 1.165) is 31.5 Å². The first kappa shape index (κ1) is 13.1. The number of carbonyl (C=O) groups excluding carboxylic acids is 2. The maximum absolute atomic E-state index is 12.1. The van der Waals surface area contributed by atoms with Gasteiger partial charge in [-0.2, -0.15) is 0 Å². The van der Waals surface area contributed by atoms with Crippen molar-refractivity contribution in [2.75, 3.05) is 13.1 Å². The second-order valence-corrected chi connectivity index (χ2v) is 5.55. The van der Waals surface area contributed by atoms with E-state index in [4.69, 9.17) is 0 Å². The fraction of sp³-hybridized carbons (Fsp3) is 0.533. The summed E-state index contributed by atoms with van der Waals surface area (Å²) >= 11 is 0. The zero-order chi connectivity index (χ0) is 13.9. The molecule has 1 saturated carbocycles. The molecule has 2 atom stereocenters. The van der Waals surface area contributed by atoms with Crippen molar-refractivity contribution in [3.63, 3.8) is 0 Å². The van der Waals surface area contributed by atoms with Crippen LogP contribution in [0.4, 0.5) is 0 Å². The molecule has 3 rings (SSSR count). The van der Waals surface area contributed by atoms with E-state index in [9.17, 15) is 9.59 Å². The van der Waals surface area contributed by atoms with Crippen molar-refractivity contribution in [3.05, 3.63) is 30.1 Å². The Morgan fingerprint density at radius 3 is 2.60 bits per heavy atom. The molecular weight excluding hydrogens is 254 g/mol. The maximum Gasteiger partial charge on any atom is 0.226 e. The van der Waals surface area contributed by atoms with Crippen LogP contribution in [0.1, 0.15) is 24.8 Å². The van der Waals surface area contributed by atoms with Gasteiger partial charge in [0.25, 0.3) is 0 Å². The smallest absolute Gasteiger partial charge is 0.226 e. The number of likely N-dealkylation sites (tertiary alicyclic amines) is 1. The van der Waals surface area contributed by atoms with Crippen LogP contribution in [0.5, 0.6) is 0 Å². The highest BCUT2D eigenvalue weighted by molar-refractivity contribution is 5.92. The molecule has 1 saturated heterocycles. The standard InChI is InChI=1S/C15H19N3O2/c19-14(17-10-11-3-5-16-6-4-11)12-9-13(12)15(20)18-7-1-2-8-18/h3-6,12-13H,1-2,7-10H2,(H,17,19). The molecule has 2 fully saturated rings. The summed E-state index contributed by atoms with van der Waals surface area (Å²) in [6.07, 6.45) is 6.31. The Morgan fingerprint density at radius 2 is 1.90 bits per heavy atom. The van der Waals surface area contributed by atoms with Gasteiger partial charge in [0.1, 0.15) is 0 Å². The number of pyridine rings is 1. The highest BCUT2D eigenvalue weighted by Gasteiger charge is 2.49. The highest BCUT2D eigenvalue weighted by Crippen LogP contribution is 2.40. The van der Waals surface area contributed by atoms with Gasteiger partial charge in [0.15, 0.2) is 0 Å². The van der Waals surface area contributed by atoms with Gasteiger partial charge < -0.3 is 10.2 Å². The number of rotatable bonds is 4. The summed E-state index contributed by atoms with van der Waals surface area (Å²) in [6.45, 7) is 2.23. The first-order valence-electron chi connectivity index (χ1n) is 7.21. The molecule has 2 amide bonds. The van der Waals surface area contributed by atoms with Crippen LogP contribution in [-0.2, 0) is 16.1 Å². The number of aromatic nitrogens is 1. The average molecular weight is 273 g/mol. The molecule has 0 spiro atoms. The van der Waals surface area contributed by atoms with Crippen molar-refractivity contribution in [2.45, 2.75) is 25.8 Å². The number of hydrogen-bond acceptors (Lipinski definition) is 3. The Balaban J connectivity index is 1.46. The van der Waals surface area contributed by atoms with Crippen molar-refractivity contribution in [1.82, 2.24) is 15.2 Å². The van der Waals surface area contributed by atoms with Crippen LogP contribution in [0, 0.1) is 11.8 Å². The van der Waals surface area contributed by atoms with Crippen LogP contribution < -0.4 is 5.32 Å². The maximum atomic E-state index is 12.1. The van der Waals surface area contributed by atoms with Gasteiger partial charge in [0, 0.05) is 32.0 Å². The third-order valence-electron chi connectivity index (χ3n) is 4.08. The van der Waals surface area contributed by atoms with E-state index in [0.29, 0.717) is 13.0 Å². The van der Waals surface area contributed by atoms with Crippen molar-refractivity contribution in [1.29, 1.82) is 0 Å². The molecule has 0 bridgehead atoms. The summed E-state index contributed by atoms with van der Waals surface area (Å²) < 4.78 is 0. The lowest BCUT2D eigenvalue weighted by Gasteiger charge is -2.14. The summed E-state index contributed by atoms with van der Waals surface area (Å²) in [6, 6.07) is 3.75. The van der Waals surface area contributed by atoms with Gasteiger partial charge in [-0.05, 0) is 37.0 Å². The summed E-state index contributed by atoms with van der Waals surface area (Å²) in [5.74, 6) is -0.0265. The lowest BCUT2D eigenvalue weighted by molar-refractivity contribution is -0.133. The number of hydrogen-bond donors (Lipinski definition) is 1.